The summed E-state index contributed by atoms with van der Waals surface area (Å²) in [5, 5.41) is 11.3. The maximum atomic E-state index is 13.3. The molecule has 0 saturated carbocycles. The van der Waals surface area contributed by atoms with Crippen LogP contribution in [0.5, 0.6) is 5.75 Å². The fourth-order valence-corrected chi connectivity index (χ4v) is 4.30. The molecule has 1 amide bonds. The molecule has 0 radical (unpaired) electrons. The highest BCUT2D eigenvalue weighted by atomic mass is 16.5. The van der Waals surface area contributed by atoms with Crippen molar-refractivity contribution in [2.24, 2.45) is 0 Å². The first-order chi connectivity index (χ1) is 16.8. The predicted octanol–water partition coefficient (Wildman–Crippen LogP) is 4.68. The number of benzene rings is 2. The third-order valence-electron chi connectivity index (χ3n) is 5.88. The second kappa shape index (κ2) is 8.72. The molecule has 5 rings (SSSR count). The van der Waals surface area contributed by atoms with Gasteiger partial charge in [0.15, 0.2) is 0 Å². The van der Waals surface area contributed by atoms with Crippen LogP contribution < -0.4 is 9.64 Å². The largest absolute Gasteiger partial charge is 0.507 e. The zero-order chi connectivity index (χ0) is 24.7. The second-order valence-electron chi connectivity index (χ2n) is 8.67. The molecule has 35 heavy (non-hydrogen) atoms. The summed E-state index contributed by atoms with van der Waals surface area (Å²) in [4.78, 5) is 39.6. The highest BCUT2D eigenvalue weighted by Gasteiger charge is 2.48. The van der Waals surface area contributed by atoms with Crippen LogP contribution in [0.2, 0.25) is 0 Å². The van der Waals surface area contributed by atoms with E-state index in [0.29, 0.717) is 22.4 Å². The Labute approximate surface area is 201 Å². The molecule has 2 aromatic heterocycles. The number of aromatic nitrogens is 3. The molecule has 2 N–H and O–H groups in total. The van der Waals surface area contributed by atoms with E-state index < -0.39 is 17.7 Å². The minimum atomic E-state index is -0.884. The lowest BCUT2D eigenvalue weighted by atomic mass is 9.95. The van der Waals surface area contributed by atoms with Crippen molar-refractivity contribution >= 4 is 34.4 Å². The molecule has 1 saturated heterocycles. The van der Waals surface area contributed by atoms with E-state index >= 15 is 0 Å². The van der Waals surface area contributed by atoms with Gasteiger partial charge in [0.05, 0.1) is 28.8 Å². The van der Waals surface area contributed by atoms with Crippen molar-refractivity contribution in [3.8, 4) is 5.75 Å². The first-order valence-electron chi connectivity index (χ1n) is 11.3. The molecule has 2 aromatic carbocycles. The van der Waals surface area contributed by atoms with Crippen molar-refractivity contribution in [1.29, 1.82) is 0 Å². The zero-order valence-electron chi connectivity index (χ0n) is 19.5. The molecule has 3 heterocycles. The van der Waals surface area contributed by atoms with Crippen LogP contribution in [0, 0.1) is 6.92 Å². The fourth-order valence-electron chi connectivity index (χ4n) is 4.30. The van der Waals surface area contributed by atoms with E-state index in [1.54, 1.807) is 42.7 Å². The number of fused-ring (bicyclic) bond motifs is 1. The number of aliphatic hydroxyl groups excluding tert-OH is 1. The molecule has 0 bridgehead atoms. The van der Waals surface area contributed by atoms with Gasteiger partial charge in [0.25, 0.3) is 5.78 Å². The molecule has 4 aromatic rings. The fraction of sp³-hybridized carbons (Fsp3) is 0.185. The first-order valence-corrected chi connectivity index (χ1v) is 11.3. The van der Waals surface area contributed by atoms with Crippen LogP contribution in [0.25, 0.3) is 16.8 Å². The van der Waals surface area contributed by atoms with Gasteiger partial charge in [0.2, 0.25) is 5.95 Å². The smallest absolute Gasteiger partial charge is 0.302 e. The van der Waals surface area contributed by atoms with Crippen LogP contribution in [0.1, 0.15) is 36.6 Å². The first kappa shape index (κ1) is 22.3. The van der Waals surface area contributed by atoms with Crippen molar-refractivity contribution in [1.82, 2.24) is 15.0 Å². The van der Waals surface area contributed by atoms with Gasteiger partial charge < -0.3 is 14.8 Å². The number of nitrogens with one attached hydrogen (secondary N) is 1. The van der Waals surface area contributed by atoms with Gasteiger partial charge in [-0.3, -0.25) is 19.5 Å². The van der Waals surface area contributed by atoms with Gasteiger partial charge in [0.1, 0.15) is 11.5 Å². The third-order valence-corrected chi connectivity index (χ3v) is 5.88. The minimum Gasteiger partial charge on any atom is -0.507 e. The van der Waals surface area contributed by atoms with Crippen LogP contribution in [-0.4, -0.2) is 37.9 Å². The van der Waals surface area contributed by atoms with Gasteiger partial charge in [-0.25, -0.2) is 4.98 Å². The van der Waals surface area contributed by atoms with E-state index in [2.05, 4.69) is 15.0 Å². The van der Waals surface area contributed by atoms with Gasteiger partial charge in [0, 0.05) is 18.0 Å². The number of ketones is 1. The molecule has 8 nitrogen and oxygen atoms in total. The molecule has 1 atom stereocenters. The number of hydrogen-bond donors (Lipinski definition) is 2. The molecule has 0 spiro atoms. The number of nitrogens with zero attached hydrogens (tertiary/aromatic N) is 3. The van der Waals surface area contributed by atoms with Crippen molar-refractivity contribution < 1.29 is 19.4 Å². The lowest BCUT2D eigenvalue weighted by molar-refractivity contribution is -0.132. The average molecular weight is 469 g/mol. The summed E-state index contributed by atoms with van der Waals surface area (Å²) in [5.41, 5.74) is 3.22. The van der Waals surface area contributed by atoms with E-state index in [9.17, 15) is 14.7 Å². The summed E-state index contributed by atoms with van der Waals surface area (Å²) in [7, 11) is 0. The average Bonchev–Trinajstić information content (AvgIpc) is 3.38. The topological polar surface area (TPSA) is 108 Å². The van der Waals surface area contributed by atoms with Crippen LogP contribution in [0.15, 0.2) is 72.6 Å². The number of ether oxygens (including phenoxy) is 1. The molecule has 0 aliphatic carbocycles. The Balaban J connectivity index is 1.67. The highest BCUT2D eigenvalue weighted by Crippen LogP contribution is 2.41. The van der Waals surface area contributed by atoms with Crippen molar-refractivity contribution in [2.75, 3.05) is 4.90 Å². The summed E-state index contributed by atoms with van der Waals surface area (Å²) in [6.07, 6.45) is 3.15. The van der Waals surface area contributed by atoms with Gasteiger partial charge >= 0.3 is 5.91 Å². The normalized spacial score (nSPS) is 17.5. The highest BCUT2D eigenvalue weighted by molar-refractivity contribution is 6.51. The number of hydrogen-bond acceptors (Lipinski definition) is 6. The number of amides is 1. The Hall–Kier alpha value is -4.46. The number of aryl methyl sites for hydroxylation is 1. The molecule has 176 valence electrons. The Kier molecular flexibility index (Phi) is 5.56. The molecule has 1 aliphatic rings. The molecule has 1 fully saturated rings. The summed E-state index contributed by atoms with van der Waals surface area (Å²) in [6.45, 7) is 5.73. The number of H-pyrrole nitrogens is 1. The van der Waals surface area contributed by atoms with Gasteiger partial charge in [-0.05, 0) is 74.4 Å². The summed E-state index contributed by atoms with van der Waals surface area (Å²) >= 11 is 0. The number of carbonyl (C=O) groups is 2. The number of anilines is 1. The maximum absolute atomic E-state index is 13.3. The van der Waals surface area contributed by atoms with Gasteiger partial charge in [-0.15, -0.1) is 0 Å². The SMILES string of the molecule is Cc1cc(/C(O)=C2\C(=O)C(=O)N(c3nc4ccccc4[nH]3)C2c2ccncc2)ccc1OC(C)C. The minimum absolute atomic E-state index is 0.00558. The van der Waals surface area contributed by atoms with Crippen LogP contribution in [0.3, 0.4) is 0 Å². The monoisotopic (exact) mass is 468 g/mol. The number of carbonyl (C=O) groups excluding carboxylic acids is 2. The summed E-state index contributed by atoms with van der Waals surface area (Å²) in [6, 6.07) is 15.1. The molecule has 8 heteroatoms. The Bertz CT molecular complexity index is 1440. The Morgan fingerprint density at radius 2 is 1.83 bits per heavy atom. The van der Waals surface area contributed by atoms with E-state index in [4.69, 9.17) is 4.74 Å². The molecule has 1 aliphatic heterocycles. The van der Waals surface area contributed by atoms with Gasteiger partial charge in [-0.2, -0.15) is 0 Å². The number of para-hydroxylation sites is 2. The van der Waals surface area contributed by atoms with Gasteiger partial charge in [-0.1, -0.05) is 12.1 Å². The molecular weight excluding hydrogens is 444 g/mol. The standard InChI is InChI=1S/C27H24N4O4/c1-15(2)35-21-9-8-18(14-16(21)3)24(32)22-23(17-10-12-28-13-11-17)31(26(34)25(22)33)27-29-19-6-4-5-7-20(19)30-27/h4-15,23,32H,1-3H3,(H,29,30)/b24-22+. The lowest BCUT2D eigenvalue weighted by Gasteiger charge is -2.23. The number of imidazole rings is 1. The Morgan fingerprint density at radius 1 is 1.09 bits per heavy atom. The van der Waals surface area contributed by atoms with Crippen LogP contribution in [0.4, 0.5) is 5.95 Å². The van der Waals surface area contributed by atoms with Crippen molar-refractivity contribution in [2.45, 2.75) is 32.9 Å². The zero-order valence-corrected chi connectivity index (χ0v) is 19.5. The van der Waals surface area contributed by atoms with E-state index in [0.717, 1.165) is 11.1 Å². The van der Waals surface area contributed by atoms with E-state index in [-0.39, 0.29) is 23.4 Å². The number of Topliss-reactive ketones (excluding diaryl/α,β-unsaturated/α-hetero) is 1. The Morgan fingerprint density at radius 3 is 2.51 bits per heavy atom. The number of aromatic amines is 1. The predicted molar refractivity (Wildman–Crippen MR) is 132 cm³/mol. The van der Waals surface area contributed by atoms with Crippen LogP contribution in [-0.2, 0) is 9.59 Å². The summed E-state index contributed by atoms with van der Waals surface area (Å²) < 4.78 is 5.79. The summed E-state index contributed by atoms with van der Waals surface area (Å²) in [5.74, 6) is -0.909. The van der Waals surface area contributed by atoms with Crippen LogP contribution >= 0.6 is 0 Å². The van der Waals surface area contributed by atoms with Crippen molar-refractivity contribution in [3.05, 3.63) is 89.3 Å². The quantitative estimate of drug-likeness (QED) is 0.250. The lowest BCUT2D eigenvalue weighted by Crippen LogP contribution is -2.30. The van der Waals surface area contributed by atoms with E-state index in [1.807, 2.05) is 45.0 Å². The van der Waals surface area contributed by atoms with Crippen molar-refractivity contribution in [3.63, 3.8) is 0 Å². The maximum Gasteiger partial charge on any atom is 0.302 e. The number of rotatable bonds is 5. The second-order valence-corrected chi connectivity index (χ2v) is 8.67. The third kappa shape index (κ3) is 3.93. The number of aliphatic hydroxyl groups is 1. The van der Waals surface area contributed by atoms with E-state index in [1.165, 1.54) is 4.90 Å². The molecule has 1 unspecified atom stereocenters. The molecular formula is C27H24N4O4. The number of pyridine rings is 1.